The molecule has 344 valence electrons. The average molecular weight is 843 g/mol. The number of amides is 2. The average Bonchev–Trinajstić information content (AvgIpc) is 3.13. The number of unbranched alkanes of at least 4 members (excludes halogenated alkanes) is 13. The van der Waals surface area contributed by atoms with Crippen molar-refractivity contribution in [3.8, 4) is 0 Å². The molecule has 2 N–H and O–H groups in total. The summed E-state index contributed by atoms with van der Waals surface area (Å²) < 4.78 is 32.1. The van der Waals surface area contributed by atoms with Crippen molar-refractivity contribution in [2.45, 2.75) is 194 Å². The van der Waals surface area contributed by atoms with Crippen molar-refractivity contribution in [3.63, 3.8) is 0 Å². The number of ether oxygens (including phenoxy) is 6. The molecule has 0 radical (unpaired) electrons. The van der Waals surface area contributed by atoms with E-state index in [9.17, 15) is 28.8 Å². The van der Waals surface area contributed by atoms with E-state index in [1.54, 1.807) is 20.8 Å². The van der Waals surface area contributed by atoms with E-state index in [1.165, 1.54) is 58.3 Å². The molecule has 0 saturated carbocycles. The Morgan fingerprint density at radius 1 is 0.475 bits per heavy atom. The molecule has 0 aromatic heterocycles. The molecule has 14 heteroatoms. The first-order valence-corrected chi connectivity index (χ1v) is 22.3. The van der Waals surface area contributed by atoms with Gasteiger partial charge in [0, 0.05) is 38.8 Å². The number of nitrogens with one attached hydrogen (secondary N) is 2. The lowest BCUT2D eigenvalue weighted by molar-refractivity contribution is -0.159. The Morgan fingerprint density at radius 2 is 0.949 bits per heavy atom. The maximum atomic E-state index is 12.9. The molecule has 0 fully saturated rings. The van der Waals surface area contributed by atoms with Gasteiger partial charge in [-0.25, -0.2) is 4.79 Å². The van der Waals surface area contributed by atoms with E-state index in [0.29, 0.717) is 52.2 Å². The molecule has 0 heterocycles. The van der Waals surface area contributed by atoms with Gasteiger partial charge in [0.05, 0.1) is 33.0 Å². The highest BCUT2D eigenvalue weighted by Gasteiger charge is 2.27. The Morgan fingerprint density at radius 3 is 1.47 bits per heavy atom. The smallest absolute Gasteiger partial charge is 0.329 e. The molecule has 0 aliphatic heterocycles. The highest BCUT2D eigenvalue weighted by Crippen LogP contribution is 2.16. The predicted molar refractivity (Wildman–Crippen MR) is 228 cm³/mol. The summed E-state index contributed by atoms with van der Waals surface area (Å²) in [6.45, 7) is 14.6. The van der Waals surface area contributed by atoms with Crippen molar-refractivity contribution >= 4 is 35.3 Å². The van der Waals surface area contributed by atoms with E-state index in [4.69, 9.17) is 28.4 Å². The Hall–Kier alpha value is -2.94. The highest BCUT2D eigenvalue weighted by molar-refractivity contribution is 5.85. The van der Waals surface area contributed by atoms with Crippen LogP contribution in [0.3, 0.4) is 0 Å². The monoisotopic (exact) mass is 843 g/mol. The van der Waals surface area contributed by atoms with Gasteiger partial charge in [0.15, 0.2) is 5.78 Å². The summed E-state index contributed by atoms with van der Waals surface area (Å²) in [7, 11) is 0. The summed E-state index contributed by atoms with van der Waals surface area (Å²) in [5, 5.41) is 5.49. The zero-order valence-corrected chi connectivity index (χ0v) is 38.0. The van der Waals surface area contributed by atoms with Crippen LogP contribution < -0.4 is 10.6 Å². The summed E-state index contributed by atoms with van der Waals surface area (Å²) in [4.78, 5) is 72.6. The van der Waals surface area contributed by atoms with E-state index in [1.807, 2.05) is 20.8 Å². The number of carbonyl (C=O) groups excluding carboxylic acids is 6. The van der Waals surface area contributed by atoms with E-state index < -0.39 is 23.2 Å². The molecule has 0 aliphatic rings. The SMILES string of the molecule is CC(=O)COCCOCCNC(=O)COCCOCCCC(=O)CC[C@H](NC(=O)CCCCCCCCCCCCCCCCC(=O)OC(C)(C)C)C(=O)OC(C)(C)C. The van der Waals surface area contributed by atoms with Crippen molar-refractivity contribution in [1.82, 2.24) is 10.6 Å². The second-order valence-corrected chi connectivity index (χ2v) is 17.3. The minimum absolute atomic E-state index is 0.0272. The van der Waals surface area contributed by atoms with Gasteiger partial charge in [-0.1, -0.05) is 77.0 Å². The lowest BCUT2D eigenvalue weighted by atomic mass is 10.0. The lowest BCUT2D eigenvalue weighted by Crippen LogP contribution is -2.44. The standard InChI is InChI=1S/C45H82N2O12/c1-37(48)35-56-33-32-55-30-28-46-41(51)36-57-34-31-54-29-22-23-38(49)26-27-39(43(53)59-45(5,6)7)47-40(50)24-20-18-16-14-12-10-8-9-11-13-15-17-19-21-25-42(52)58-44(2,3)4/h39H,8-36H2,1-7H3,(H,46,51)(H,47,50)/t39-/m0/s1. The molecule has 1 atom stereocenters. The molecule has 0 aromatic carbocycles. The second kappa shape index (κ2) is 35.8. The molecule has 0 unspecified atom stereocenters. The van der Waals surface area contributed by atoms with Gasteiger partial charge in [-0.15, -0.1) is 0 Å². The molecular weight excluding hydrogens is 760 g/mol. The van der Waals surface area contributed by atoms with Crippen LogP contribution in [0.15, 0.2) is 0 Å². The van der Waals surface area contributed by atoms with E-state index in [0.717, 1.165) is 38.5 Å². The Labute approximate surface area is 356 Å². The minimum Gasteiger partial charge on any atom is -0.460 e. The Bertz CT molecular complexity index is 1150. The van der Waals surface area contributed by atoms with Crippen LogP contribution in [0.5, 0.6) is 0 Å². The van der Waals surface area contributed by atoms with E-state index in [2.05, 4.69) is 10.6 Å². The van der Waals surface area contributed by atoms with Crippen molar-refractivity contribution in [2.75, 3.05) is 59.4 Å². The van der Waals surface area contributed by atoms with Gasteiger partial charge in [-0.2, -0.15) is 0 Å². The van der Waals surface area contributed by atoms with Crippen LogP contribution >= 0.6 is 0 Å². The minimum atomic E-state index is -0.883. The maximum absolute atomic E-state index is 12.9. The van der Waals surface area contributed by atoms with Crippen molar-refractivity contribution in [2.24, 2.45) is 0 Å². The molecule has 0 saturated heterocycles. The zero-order chi connectivity index (χ0) is 44.2. The summed E-state index contributed by atoms with van der Waals surface area (Å²) in [5.41, 5.74) is -1.12. The quantitative estimate of drug-likeness (QED) is 0.0466. The summed E-state index contributed by atoms with van der Waals surface area (Å²) in [5.74, 6) is -1.19. The third-order valence-electron chi connectivity index (χ3n) is 8.79. The third kappa shape index (κ3) is 41.6. The van der Waals surface area contributed by atoms with Crippen LogP contribution in [-0.2, 0) is 57.2 Å². The molecule has 14 nitrogen and oxygen atoms in total. The fourth-order valence-electron chi connectivity index (χ4n) is 5.89. The summed E-state index contributed by atoms with van der Waals surface area (Å²) in [6.07, 6.45) is 17.7. The van der Waals surface area contributed by atoms with Crippen molar-refractivity contribution in [1.29, 1.82) is 0 Å². The molecule has 2 amide bonds. The second-order valence-electron chi connectivity index (χ2n) is 17.3. The number of Topliss-reactive ketones (excluding diaryl/α,β-unsaturated/α-hetero) is 2. The van der Waals surface area contributed by atoms with Crippen LogP contribution in [0.4, 0.5) is 0 Å². The number of carbonyl (C=O) groups is 6. The van der Waals surface area contributed by atoms with Crippen LogP contribution in [0.25, 0.3) is 0 Å². The zero-order valence-electron chi connectivity index (χ0n) is 38.0. The molecule has 59 heavy (non-hydrogen) atoms. The van der Waals surface area contributed by atoms with E-state index >= 15 is 0 Å². The summed E-state index contributed by atoms with van der Waals surface area (Å²) >= 11 is 0. The fourth-order valence-corrected chi connectivity index (χ4v) is 5.89. The molecule has 0 spiro atoms. The topological polar surface area (TPSA) is 182 Å². The van der Waals surface area contributed by atoms with Gasteiger partial charge in [0.2, 0.25) is 11.8 Å². The Balaban J connectivity index is 4.00. The molecular formula is C45H82N2O12. The molecule has 0 rings (SSSR count). The maximum Gasteiger partial charge on any atom is 0.329 e. The van der Waals surface area contributed by atoms with Gasteiger partial charge in [-0.3, -0.25) is 24.0 Å². The van der Waals surface area contributed by atoms with Crippen molar-refractivity contribution in [3.05, 3.63) is 0 Å². The number of ketones is 2. The normalized spacial score (nSPS) is 12.2. The third-order valence-corrected chi connectivity index (χ3v) is 8.79. The first kappa shape index (κ1) is 56.1. The highest BCUT2D eigenvalue weighted by atomic mass is 16.6. The van der Waals surface area contributed by atoms with Gasteiger partial charge in [0.25, 0.3) is 0 Å². The van der Waals surface area contributed by atoms with E-state index in [-0.39, 0.29) is 75.0 Å². The predicted octanol–water partition coefficient (Wildman–Crippen LogP) is 7.30. The number of hydrogen-bond donors (Lipinski definition) is 2. The van der Waals surface area contributed by atoms with Crippen LogP contribution in [0, 0.1) is 0 Å². The van der Waals surface area contributed by atoms with Crippen molar-refractivity contribution < 1.29 is 57.2 Å². The van der Waals surface area contributed by atoms with Crippen LogP contribution in [0.2, 0.25) is 0 Å². The van der Waals surface area contributed by atoms with Crippen LogP contribution in [0.1, 0.15) is 177 Å². The first-order chi connectivity index (χ1) is 28.0. The first-order valence-electron chi connectivity index (χ1n) is 22.3. The molecule has 0 bridgehead atoms. The van der Waals surface area contributed by atoms with Gasteiger partial charge in [-0.05, 0) is 74.1 Å². The van der Waals surface area contributed by atoms with Crippen LogP contribution in [-0.4, -0.2) is 112 Å². The fraction of sp³-hybridized carbons (Fsp3) is 0.867. The van der Waals surface area contributed by atoms with Gasteiger partial charge < -0.3 is 39.1 Å². The number of esters is 2. The summed E-state index contributed by atoms with van der Waals surface area (Å²) in [6, 6.07) is -0.883. The molecule has 0 aliphatic carbocycles. The lowest BCUT2D eigenvalue weighted by Gasteiger charge is -2.24. The largest absolute Gasteiger partial charge is 0.460 e. The number of rotatable bonds is 39. The number of hydrogen-bond acceptors (Lipinski definition) is 12. The Kier molecular flexibility index (Phi) is 34.0. The van der Waals surface area contributed by atoms with Gasteiger partial charge >= 0.3 is 11.9 Å². The molecule has 0 aromatic rings. The van der Waals surface area contributed by atoms with Gasteiger partial charge in [0.1, 0.15) is 36.2 Å².